The number of rotatable bonds is 4. The molecule has 0 bridgehead atoms. The maximum absolute atomic E-state index is 12.6. The maximum Gasteiger partial charge on any atom is 0.332 e. The van der Waals surface area contributed by atoms with Crippen LogP contribution in [0.15, 0.2) is 15.9 Å². The van der Waals surface area contributed by atoms with Gasteiger partial charge in [-0.15, -0.1) is 0 Å². The molecule has 0 atom stereocenters. The third kappa shape index (κ3) is 2.47. The zero-order valence-electron chi connectivity index (χ0n) is 13.5. The molecule has 3 rings (SSSR count). The largest absolute Gasteiger partial charge is 0.466 e. The van der Waals surface area contributed by atoms with E-state index in [1.165, 1.54) is 15.5 Å². The number of ether oxygens (including phenoxy) is 1. The number of hydrogen-bond donors (Lipinski definition) is 0. The number of imidazole rings is 1. The second kappa shape index (κ2) is 5.68. The quantitative estimate of drug-likeness (QED) is 0.741. The molecule has 0 unspecified atom stereocenters. The molecule has 2 heterocycles. The van der Waals surface area contributed by atoms with Crippen molar-refractivity contribution in [3.63, 3.8) is 0 Å². The molecule has 8 heteroatoms. The summed E-state index contributed by atoms with van der Waals surface area (Å²) in [6.45, 7) is 2.47. The van der Waals surface area contributed by atoms with Crippen LogP contribution in [0.3, 0.4) is 0 Å². The minimum absolute atomic E-state index is 0.111. The highest BCUT2D eigenvalue weighted by molar-refractivity contribution is 5.73. The van der Waals surface area contributed by atoms with Crippen molar-refractivity contribution in [2.45, 2.75) is 26.3 Å². The molecule has 2 aromatic rings. The summed E-state index contributed by atoms with van der Waals surface area (Å²) in [6.07, 6.45) is 2.83. The third-order valence-corrected chi connectivity index (χ3v) is 4.50. The van der Waals surface area contributed by atoms with Crippen molar-refractivity contribution in [1.29, 1.82) is 0 Å². The first-order valence-corrected chi connectivity index (χ1v) is 7.71. The normalized spacial score (nSPS) is 20.5. The highest BCUT2D eigenvalue weighted by atomic mass is 16.5. The van der Waals surface area contributed by atoms with Crippen molar-refractivity contribution in [1.82, 2.24) is 18.7 Å². The summed E-state index contributed by atoms with van der Waals surface area (Å²) in [5.74, 6) is -0.161. The monoisotopic (exact) mass is 320 g/mol. The van der Waals surface area contributed by atoms with E-state index in [1.54, 1.807) is 25.6 Å². The molecule has 0 spiro atoms. The van der Waals surface area contributed by atoms with Gasteiger partial charge in [0.15, 0.2) is 11.2 Å². The Labute approximate surface area is 132 Å². The van der Waals surface area contributed by atoms with Gasteiger partial charge in [-0.25, -0.2) is 9.78 Å². The zero-order valence-corrected chi connectivity index (χ0v) is 13.5. The summed E-state index contributed by atoms with van der Waals surface area (Å²) in [7, 11) is 3.33. The van der Waals surface area contributed by atoms with E-state index in [0.717, 1.165) is 0 Å². The summed E-state index contributed by atoms with van der Waals surface area (Å²) < 4.78 is 9.24. The Balaban J connectivity index is 1.85. The molecule has 0 aliphatic heterocycles. The summed E-state index contributed by atoms with van der Waals surface area (Å²) in [4.78, 5) is 40.7. The summed E-state index contributed by atoms with van der Waals surface area (Å²) in [6, 6.07) is 0. The van der Waals surface area contributed by atoms with Crippen LogP contribution < -0.4 is 11.2 Å². The second-order valence-corrected chi connectivity index (χ2v) is 6.07. The molecule has 2 aromatic heterocycles. The van der Waals surface area contributed by atoms with E-state index >= 15 is 0 Å². The maximum atomic E-state index is 12.6. The van der Waals surface area contributed by atoms with Crippen LogP contribution >= 0.6 is 0 Å². The average Bonchev–Trinajstić information content (AvgIpc) is 2.85. The SMILES string of the molecule is CCOC(=O)C1CC(Cn2c(=O)c3c(ncn3C)n(C)c2=O)C1. The van der Waals surface area contributed by atoms with Crippen LogP contribution in [0.2, 0.25) is 0 Å². The molecule has 0 saturated heterocycles. The van der Waals surface area contributed by atoms with E-state index in [-0.39, 0.29) is 29.1 Å². The highest BCUT2D eigenvalue weighted by Gasteiger charge is 2.36. The standard InChI is InChI=1S/C15H20N4O4/c1-4-23-14(21)10-5-9(6-10)7-19-13(20)11-12(16-8-17(11)2)18(3)15(19)22/h8-10H,4-7H2,1-3H3. The van der Waals surface area contributed by atoms with Gasteiger partial charge in [0.2, 0.25) is 0 Å². The Hall–Kier alpha value is -2.38. The van der Waals surface area contributed by atoms with Gasteiger partial charge in [0, 0.05) is 20.6 Å². The summed E-state index contributed by atoms with van der Waals surface area (Å²) in [5.41, 5.74) is 0.0913. The van der Waals surface area contributed by atoms with Crippen LogP contribution in [0.4, 0.5) is 0 Å². The van der Waals surface area contributed by atoms with Gasteiger partial charge in [0.25, 0.3) is 5.56 Å². The first kappa shape index (κ1) is 15.5. The Morgan fingerprint density at radius 3 is 2.70 bits per heavy atom. The van der Waals surface area contributed by atoms with E-state index in [9.17, 15) is 14.4 Å². The minimum Gasteiger partial charge on any atom is -0.466 e. The fourth-order valence-corrected chi connectivity index (χ4v) is 3.15. The van der Waals surface area contributed by atoms with Gasteiger partial charge in [-0.1, -0.05) is 0 Å². The molecule has 1 aliphatic carbocycles. The molecule has 8 nitrogen and oxygen atoms in total. The molecular weight excluding hydrogens is 300 g/mol. The number of aromatic nitrogens is 4. The lowest BCUT2D eigenvalue weighted by molar-refractivity contribution is -0.153. The number of hydrogen-bond acceptors (Lipinski definition) is 5. The van der Waals surface area contributed by atoms with Gasteiger partial charge in [0.1, 0.15) is 0 Å². The molecule has 1 saturated carbocycles. The molecule has 23 heavy (non-hydrogen) atoms. The molecule has 0 aromatic carbocycles. The lowest BCUT2D eigenvalue weighted by atomic mass is 9.75. The highest BCUT2D eigenvalue weighted by Crippen LogP contribution is 2.35. The molecular formula is C15H20N4O4. The Bertz CT molecular complexity index is 870. The van der Waals surface area contributed by atoms with Gasteiger partial charge in [-0.2, -0.15) is 0 Å². The molecule has 0 radical (unpaired) electrons. The van der Waals surface area contributed by atoms with Gasteiger partial charge in [0.05, 0.1) is 18.9 Å². The van der Waals surface area contributed by atoms with E-state index in [4.69, 9.17) is 4.74 Å². The predicted octanol–water partition coefficient (Wildman–Crippen LogP) is 0.0230. The molecule has 124 valence electrons. The number of aryl methyl sites for hydroxylation is 2. The lowest BCUT2D eigenvalue weighted by Crippen LogP contribution is -2.44. The van der Waals surface area contributed by atoms with Crippen molar-refractivity contribution < 1.29 is 9.53 Å². The van der Waals surface area contributed by atoms with Crippen molar-refractivity contribution in [3.8, 4) is 0 Å². The summed E-state index contributed by atoms with van der Waals surface area (Å²) in [5, 5.41) is 0. The first-order chi connectivity index (χ1) is 10.9. The predicted molar refractivity (Wildman–Crippen MR) is 83.1 cm³/mol. The number of carbonyl (C=O) groups is 1. The van der Waals surface area contributed by atoms with Crippen LogP contribution in [0.1, 0.15) is 19.8 Å². The average molecular weight is 320 g/mol. The Morgan fingerprint density at radius 2 is 2.04 bits per heavy atom. The van der Waals surface area contributed by atoms with E-state index in [0.29, 0.717) is 37.2 Å². The smallest absolute Gasteiger partial charge is 0.332 e. The number of nitrogens with zero attached hydrogens (tertiary/aromatic N) is 4. The van der Waals surface area contributed by atoms with Gasteiger partial charge in [-0.3, -0.25) is 18.7 Å². The Kier molecular flexibility index (Phi) is 3.83. The zero-order chi connectivity index (χ0) is 16.7. The van der Waals surface area contributed by atoms with Crippen molar-refractivity contribution in [2.24, 2.45) is 25.9 Å². The van der Waals surface area contributed by atoms with Gasteiger partial charge in [-0.05, 0) is 25.7 Å². The molecule has 0 amide bonds. The number of fused-ring (bicyclic) bond motifs is 1. The van der Waals surface area contributed by atoms with Gasteiger partial charge >= 0.3 is 11.7 Å². The molecule has 1 aliphatic rings. The molecule has 0 N–H and O–H groups in total. The van der Waals surface area contributed by atoms with E-state index < -0.39 is 0 Å². The van der Waals surface area contributed by atoms with Crippen LogP contribution in [0.25, 0.3) is 11.2 Å². The second-order valence-electron chi connectivity index (χ2n) is 6.07. The van der Waals surface area contributed by atoms with Crippen LogP contribution in [-0.4, -0.2) is 31.3 Å². The fourth-order valence-electron chi connectivity index (χ4n) is 3.15. The number of esters is 1. The lowest BCUT2D eigenvalue weighted by Gasteiger charge is -2.33. The minimum atomic E-state index is -0.374. The van der Waals surface area contributed by atoms with E-state index in [1.807, 2.05) is 0 Å². The fraction of sp³-hybridized carbons (Fsp3) is 0.600. The van der Waals surface area contributed by atoms with Gasteiger partial charge < -0.3 is 9.30 Å². The topological polar surface area (TPSA) is 88.1 Å². The van der Waals surface area contributed by atoms with Crippen molar-refractivity contribution in [3.05, 3.63) is 27.2 Å². The van der Waals surface area contributed by atoms with Crippen LogP contribution in [0, 0.1) is 11.8 Å². The summed E-state index contributed by atoms with van der Waals surface area (Å²) >= 11 is 0. The van der Waals surface area contributed by atoms with Crippen molar-refractivity contribution in [2.75, 3.05) is 6.61 Å². The number of carbonyl (C=O) groups excluding carboxylic acids is 1. The molecule has 1 fully saturated rings. The van der Waals surface area contributed by atoms with E-state index in [2.05, 4.69) is 4.98 Å². The van der Waals surface area contributed by atoms with Crippen LogP contribution in [0.5, 0.6) is 0 Å². The third-order valence-electron chi connectivity index (χ3n) is 4.50. The van der Waals surface area contributed by atoms with Crippen LogP contribution in [-0.2, 0) is 30.2 Å². The first-order valence-electron chi connectivity index (χ1n) is 7.71. The van der Waals surface area contributed by atoms with Crippen molar-refractivity contribution >= 4 is 17.1 Å². The Morgan fingerprint density at radius 1 is 1.35 bits per heavy atom.